The van der Waals surface area contributed by atoms with E-state index in [1.54, 1.807) is 26.0 Å². The van der Waals surface area contributed by atoms with Crippen LogP contribution in [0.4, 0.5) is 0 Å². The van der Waals surface area contributed by atoms with E-state index in [9.17, 15) is 13.2 Å². The summed E-state index contributed by atoms with van der Waals surface area (Å²) in [7, 11) is -2.46. The van der Waals surface area contributed by atoms with Crippen LogP contribution in [0.15, 0.2) is 29.2 Å². The molecule has 0 N–H and O–H groups in total. The summed E-state index contributed by atoms with van der Waals surface area (Å²) in [4.78, 5) is 11.5. The highest BCUT2D eigenvalue weighted by molar-refractivity contribution is 7.89. The summed E-state index contributed by atoms with van der Waals surface area (Å²) in [6.07, 6.45) is 0. The minimum Gasteiger partial charge on any atom is -0.468 e. The Balaban J connectivity index is 3.17. The van der Waals surface area contributed by atoms with Crippen molar-refractivity contribution in [1.29, 1.82) is 0 Å². The van der Waals surface area contributed by atoms with Crippen molar-refractivity contribution in [2.24, 2.45) is 0 Å². The Labute approximate surface area is 114 Å². The number of sulfonamides is 1. The Bertz CT molecular complexity index is 552. The number of carbonyl (C=O) groups is 1. The van der Waals surface area contributed by atoms with Gasteiger partial charge in [-0.05, 0) is 38.5 Å². The maximum Gasteiger partial charge on any atom is 0.321 e. The molecule has 0 aliphatic rings. The minimum absolute atomic E-state index is 0.185. The molecule has 0 spiro atoms. The van der Waals surface area contributed by atoms with Crippen LogP contribution in [-0.2, 0) is 19.6 Å². The Hall–Kier alpha value is -1.40. The summed E-state index contributed by atoms with van der Waals surface area (Å²) in [6, 6.07) is 6.28. The van der Waals surface area contributed by atoms with Gasteiger partial charge < -0.3 is 4.74 Å². The van der Waals surface area contributed by atoms with Crippen molar-refractivity contribution in [3.63, 3.8) is 0 Å². The first-order valence-electron chi connectivity index (χ1n) is 5.94. The molecular formula is C13H19NO4S. The maximum absolute atomic E-state index is 12.5. The summed E-state index contributed by atoms with van der Waals surface area (Å²) in [5.74, 6) is -0.579. The Kier molecular flexibility index (Phi) is 5.08. The van der Waals surface area contributed by atoms with E-state index in [1.807, 2.05) is 13.0 Å². The van der Waals surface area contributed by atoms with Crippen LogP contribution in [0, 0.1) is 6.92 Å². The molecule has 1 aromatic rings. The van der Waals surface area contributed by atoms with Gasteiger partial charge in [0.1, 0.15) is 6.54 Å². The second kappa shape index (κ2) is 6.16. The van der Waals surface area contributed by atoms with Gasteiger partial charge in [-0.15, -0.1) is 0 Å². The number of ether oxygens (including phenoxy) is 1. The number of methoxy groups -OCH3 is 1. The molecule has 5 nitrogen and oxygen atoms in total. The summed E-state index contributed by atoms with van der Waals surface area (Å²) < 4.78 is 30.7. The topological polar surface area (TPSA) is 63.7 Å². The number of hydrogen-bond donors (Lipinski definition) is 0. The van der Waals surface area contributed by atoms with Crippen molar-refractivity contribution in [2.45, 2.75) is 31.7 Å². The smallest absolute Gasteiger partial charge is 0.321 e. The van der Waals surface area contributed by atoms with Gasteiger partial charge in [-0.25, -0.2) is 8.42 Å². The van der Waals surface area contributed by atoms with Gasteiger partial charge in [0, 0.05) is 6.04 Å². The predicted molar refractivity (Wildman–Crippen MR) is 72.2 cm³/mol. The largest absolute Gasteiger partial charge is 0.468 e. The number of benzene rings is 1. The van der Waals surface area contributed by atoms with Gasteiger partial charge in [0.25, 0.3) is 0 Å². The number of carbonyl (C=O) groups excluding carboxylic acids is 1. The second-order valence-corrected chi connectivity index (χ2v) is 6.43. The molecule has 0 aliphatic carbocycles. The van der Waals surface area contributed by atoms with Crippen molar-refractivity contribution < 1.29 is 17.9 Å². The molecule has 1 rings (SSSR count). The molecule has 0 heterocycles. The second-order valence-electron chi connectivity index (χ2n) is 4.54. The van der Waals surface area contributed by atoms with E-state index >= 15 is 0 Å². The normalized spacial score (nSPS) is 11.9. The van der Waals surface area contributed by atoms with E-state index in [4.69, 9.17) is 0 Å². The van der Waals surface area contributed by atoms with E-state index in [-0.39, 0.29) is 17.5 Å². The first kappa shape index (κ1) is 15.7. The van der Waals surface area contributed by atoms with Crippen molar-refractivity contribution >= 4 is 16.0 Å². The predicted octanol–water partition coefficient (Wildman–Crippen LogP) is 1.57. The van der Waals surface area contributed by atoms with Crippen molar-refractivity contribution in [1.82, 2.24) is 4.31 Å². The molecule has 0 aliphatic heterocycles. The third-order valence-electron chi connectivity index (χ3n) is 2.68. The highest BCUT2D eigenvalue weighted by Gasteiger charge is 2.29. The van der Waals surface area contributed by atoms with Crippen LogP contribution in [0.25, 0.3) is 0 Å². The molecule has 0 fully saturated rings. The third kappa shape index (κ3) is 3.78. The standard InChI is InChI=1S/C13H19NO4S/c1-10(2)14(9-13(15)18-4)19(16,17)12-7-5-6-11(3)8-12/h5-8,10H,9H2,1-4H3. The lowest BCUT2D eigenvalue weighted by Gasteiger charge is -2.24. The lowest BCUT2D eigenvalue weighted by Crippen LogP contribution is -2.41. The highest BCUT2D eigenvalue weighted by Crippen LogP contribution is 2.19. The molecule has 0 atom stereocenters. The summed E-state index contributed by atoms with van der Waals surface area (Å²) in [5.41, 5.74) is 0.850. The van der Waals surface area contributed by atoms with Gasteiger partial charge >= 0.3 is 5.97 Å². The van der Waals surface area contributed by atoms with E-state index in [0.717, 1.165) is 9.87 Å². The fraction of sp³-hybridized carbons (Fsp3) is 0.462. The number of hydrogen-bond acceptors (Lipinski definition) is 4. The first-order valence-corrected chi connectivity index (χ1v) is 7.38. The van der Waals surface area contributed by atoms with Crippen LogP contribution < -0.4 is 0 Å². The maximum atomic E-state index is 12.5. The summed E-state index contributed by atoms with van der Waals surface area (Å²) in [6.45, 7) is 4.97. The van der Waals surface area contributed by atoms with E-state index in [2.05, 4.69) is 4.74 Å². The summed E-state index contributed by atoms with van der Waals surface area (Å²) in [5, 5.41) is 0. The molecule has 6 heteroatoms. The van der Waals surface area contributed by atoms with Crippen LogP contribution in [0.2, 0.25) is 0 Å². The molecule has 0 aromatic heterocycles. The van der Waals surface area contributed by atoms with Gasteiger partial charge in [0.15, 0.2) is 0 Å². The van der Waals surface area contributed by atoms with Crippen LogP contribution in [0.1, 0.15) is 19.4 Å². The van der Waals surface area contributed by atoms with Gasteiger partial charge in [-0.3, -0.25) is 4.79 Å². The summed E-state index contributed by atoms with van der Waals surface area (Å²) >= 11 is 0. The van der Waals surface area contributed by atoms with Crippen LogP contribution in [0.5, 0.6) is 0 Å². The quantitative estimate of drug-likeness (QED) is 0.770. The molecule has 0 bridgehead atoms. The lowest BCUT2D eigenvalue weighted by molar-refractivity contribution is -0.141. The average molecular weight is 285 g/mol. The van der Waals surface area contributed by atoms with Crippen molar-refractivity contribution in [3.05, 3.63) is 29.8 Å². The van der Waals surface area contributed by atoms with Crippen molar-refractivity contribution in [2.75, 3.05) is 13.7 Å². The van der Waals surface area contributed by atoms with Gasteiger partial charge in [-0.2, -0.15) is 4.31 Å². The Morgan fingerprint density at radius 1 is 1.37 bits per heavy atom. The Morgan fingerprint density at radius 2 is 2.00 bits per heavy atom. The van der Waals surface area contributed by atoms with Crippen LogP contribution >= 0.6 is 0 Å². The molecule has 0 saturated carbocycles. The highest BCUT2D eigenvalue weighted by atomic mass is 32.2. The van der Waals surface area contributed by atoms with Crippen molar-refractivity contribution in [3.8, 4) is 0 Å². The zero-order valence-electron chi connectivity index (χ0n) is 11.6. The third-order valence-corrected chi connectivity index (χ3v) is 4.70. The van der Waals surface area contributed by atoms with Crippen LogP contribution in [-0.4, -0.2) is 38.4 Å². The van der Waals surface area contributed by atoms with Gasteiger partial charge in [0.05, 0.1) is 12.0 Å². The monoisotopic (exact) mass is 285 g/mol. The zero-order chi connectivity index (χ0) is 14.6. The number of nitrogens with zero attached hydrogens (tertiary/aromatic N) is 1. The molecular weight excluding hydrogens is 266 g/mol. The molecule has 0 unspecified atom stereocenters. The Morgan fingerprint density at radius 3 is 2.47 bits per heavy atom. The van der Waals surface area contributed by atoms with E-state index in [1.165, 1.54) is 13.2 Å². The first-order chi connectivity index (χ1) is 8.78. The lowest BCUT2D eigenvalue weighted by atomic mass is 10.2. The molecule has 0 amide bonds. The fourth-order valence-corrected chi connectivity index (χ4v) is 3.33. The average Bonchev–Trinajstić information content (AvgIpc) is 2.34. The molecule has 1 aromatic carbocycles. The fourth-order valence-electron chi connectivity index (χ4n) is 1.65. The molecule has 106 valence electrons. The SMILES string of the molecule is COC(=O)CN(C(C)C)S(=O)(=O)c1cccc(C)c1. The van der Waals surface area contributed by atoms with E-state index < -0.39 is 16.0 Å². The number of esters is 1. The number of rotatable bonds is 5. The van der Waals surface area contributed by atoms with Gasteiger partial charge in [0.2, 0.25) is 10.0 Å². The van der Waals surface area contributed by atoms with Gasteiger partial charge in [-0.1, -0.05) is 12.1 Å². The molecule has 19 heavy (non-hydrogen) atoms. The van der Waals surface area contributed by atoms with Crippen LogP contribution in [0.3, 0.4) is 0 Å². The molecule has 0 radical (unpaired) electrons. The zero-order valence-corrected chi connectivity index (χ0v) is 12.4. The molecule has 0 saturated heterocycles. The minimum atomic E-state index is -3.70. The van der Waals surface area contributed by atoms with E-state index in [0.29, 0.717) is 0 Å². The number of aryl methyl sites for hydroxylation is 1.